The molecule has 0 atom stereocenters. The van der Waals surface area contributed by atoms with Gasteiger partial charge < -0.3 is 5.73 Å². The summed E-state index contributed by atoms with van der Waals surface area (Å²) in [6, 6.07) is 8.11. The number of halogens is 2. The molecule has 0 bridgehead atoms. The van der Waals surface area contributed by atoms with E-state index in [1.54, 1.807) is 0 Å². The van der Waals surface area contributed by atoms with E-state index >= 15 is 0 Å². The van der Waals surface area contributed by atoms with Crippen LogP contribution < -0.4 is 10.5 Å². The zero-order valence-corrected chi connectivity index (χ0v) is 11.1. The molecule has 2 aromatic carbocycles. The van der Waals surface area contributed by atoms with E-state index in [4.69, 9.17) is 5.73 Å². The smallest absolute Gasteiger partial charge is 0.261 e. The summed E-state index contributed by atoms with van der Waals surface area (Å²) in [7, 11) is -3.85. The molecule has 0 fully saturated rings. The van der Waals surface area contributed by atoms with Gasteiger partial charge in [-0.1, -0.05) is 0 Å². The Balaban J connectivity index is 2.30. The maximum Gasteiger partial charge on any atom is 0.261 e. The average Bonchev–Trinajstić information content (AvgIpc) is 2.41. The first kappa shape index (κ1) is 14.4. The van der Waals surface area contributed by atoms with Crippen molar-refractivity contribution in [2.24, 2.45) is 5.73 Å². The maximum absolute atomic E-state index is 13.3. The quantitative estimate of drug-likeness (QED) is 0.909. The van der Waals surface area contributed by atoms with Gasteiger partial charge in [0.15, 0.2) is 0 Å². The van der Waals surface area contributed by atoms with Gasteiger partial charge in [0.2, 0.25) is 0 Å². The fourth-order valence-electron chi connectivity index (χ4n) is 1.62. The normalized spacial score (nSPS) is 11.3. The minimum Gasteiger partial charge on any atom is -0.326 e. The molecule has 0 radical (unpaired) electrons. The van der Waals surface area contributed by atoms with Crippen LogP contribution in [0.4, 0.5) is 14.5 Å². The SMILES string of the molecule is NCc1cc(NS(=O)(=O)c2ccc(F)cc2)ccc1F. The van der Waals surface area contributed by atoms with Gasteiger partial charge in [0.25, 0.3) is 10.0 Å². The summed E-state index contributed by atoms with van der Waals surface area (Å²) in [6.07, 6.45) is 0. The molecule has 0 saturated carbocycles. The molecular formula is C13H12F2N2O2S. The Kier molecular flexibility index (Phi) is 4.01. The maximum atomic E-state index is 13.3. The highest BCUT2D eigenvalue weighted by molar-refractivity contribution is 7.92. The van der Waals surface area contributed by atoms with Crippen LogP contribution in [0.1, 0.15) is 5.56 Å². The van der Waals surface area contributed by atoms with Crippen molar-refractivity contribution in [3.05, 3.63) is 59.7 Å². The zero-order valence-electron chi connectivity index (χ0n) is 10.3. The third kappa shape index (κ3) is 3.12. The molecule has 2 rings (SSSR count). The van der Waals surface area contributed by atoms with Gasteiger partial charge in [-0.2, -0.15) is 0 Å². The number of nitrogens with one attached hydrogen (secondary N) is 1. The predicted octanol–water partition coefficient (Wildman–Crippen LogP) is 2.22. The van der Waals surface area contributed by atoms with Crippen LogP contribution in [0.3, 0.4) is 0 Å². The molecule has 0 heterocycles. The molecule has 20 heavy (non-hydrogen) atoms. The molecule has 0 unspecified atom stereocenters. The third-order valence-corrected chi connectivity index (χ3v) is 4.04. The van der Waals surface area contributed by atoms with E-state index in [0.29, 0.717) is 0 Å². The van der Waals surface area contributed by atoms with Gasteiger partial charge in [0.05, 0.1) is 4.90 Å². The Hall–Kier alpha value is -1.99. The van der Waals surface area contributed by atoms with Gasteiger partial charge in [-0.3, -0.25) is 4.72 Å². The zero-order chi connectivity index (χ0) is 14.8. The van der Waals surface area contributed by atoms with Crippen molar-refractivity contribution in [2.75, 3.05) is 4.72 Å². The van der Waals surface area contributed by atoms with Crippen LogP contribution in [0.5, 0.6) is 0 Å². The van der Waals surface area contributed by atoms with E-state index < -0.39 is 21.7 Å². The molecule has 4 nitrogen and oxygen atoms in total. The lowest BCUT2D eigenvalue weighted by atomic mass is 10.2. The minimum atomic E-state index is -3.85. The molecule has 0 aliphatic rings. The summed E-state index contributed by atoms with van der Waals surface area (Å²) < 4.78 is 52.4. The highest BCUT2D eigenvalue weighted by Gasteiger charge is 2.14. The largest absolute Gasteiger partial charge is 0.326 e. The number of hydrogen-bond acceptors (Lipinski definition) is 3. The van der Waals surface area contributed by atoms with Crippen LogP contribution in [-0.4, -0.2) is 8.42 Å². The lowest BCUT2D eigenvalue weighted by Gasteiger charge is -2.09. The van der Waals surface area contributed by atoms with E-state index in [1.807, 2.05) is 0 Å². The molecule has 0 saturated heterocycles. The lowest BCUT2D eigenvalue weighted by Crippen LogP contribution is -2.13. The summed E-state index contributed by atoms with van der Waals surface area (Å²) in [5, 5.41) is 0. The Labute approximate surface area is 115 Å². The molecular weight excluding hydrogens is 286 g/mol. The topological polar surface area (TPSA) is 72.2 Å². The Bertz CT molecular complexity index is 716. The molecule has 7 heteroatoms. The fourth-order valence-corrected chi connectivity index (χ4v) is 2.67. The second-order valence-corrected chi connectivity index (χ2v) is 5.75. The fraction of sp³-hybridized carbons (Fsp3) is 0.0769. The van der Waals surface area contributed by atoms with Gasteiger partial charge in [0.1, 0.15) is 11.6 Å². The van der Waals surface area contributed by atoms with E-state index in [-0.39, 0.29) is 22.7 Å². The second-order valence-electron chi connectivity index (χ2n) is 4.07. The Morgan fingerprint density at radius 3 is 2.30 bits per heavy atom. The van der Waals surface area contributed by atoms with Crippen molar-refractivity contribution < 1.29 is 17.2 Å². The van der Waals surface area contributed by atoms with Crippen LogP contribution in [0.25, 0.3) is 0 Å². The average molecular weight is 298 g/mol. The Morgan fingerprint density at radius 2 is 1.70 bits per heavy atom. The highest BCUT2D eigenvalue weighted by atomic mass is 32.2. The molecule has 3 N–H and O–H groups in total. The van der Waals surface area contributed by atoms with E-state index in [0.717, 1.165) is 30.3 Å². The van der Waals surface area contributed by atoms with Crippen molar-refractivity contribution >= 4 is 15.7 Å². The lowest BCUT2D eigenvalue weighted by molar-refractivity contribution is 0.599. The van der Waals surface area contributed by atoms with E-state index in [9.17, 15) is 17.2 Å². The van der Waals surface area contributed by atoms with Crippen LogP contribution in [0.2, 0.25) is 0 Å². The molecule has 0 aliphatic carbocycles. The van der Waals surface area contributed by atoms with Crippen LogP contribution >= 0.6 is 0 Å². The summed E-state index contributed by atoms with van der Waals surface area (Å²) in [4.78, 5) is -0.0856. The number of anilines is 1. The predicted molar refractivity (Wildman–Crippen MR) is 71.5 cm³/mol. The van der Waals surface area contributed by atoms with Crippen molar-refractivity contribution in [1.82, 2.24) is 0 Å². The first-order chi connectivity index (χ1) is 9.42. The molecule has 0 amide bonds. The molecule has 106 valence electrons. The summed E-state index contributed by atoms with van der Waals surface area (Å²) >= 11 is 0. The highest BCUT2D eigenvalue weighted by Crippen LogP contribution is 2.19. The van der Waals surface area contributed by atoms with Crippen molar-refractivity contribution in [2.45, 2.75) is 11.4 Å². The first-order valence-corrected chi connectivity index (χ1v) is 7.17. The van der Waals surface area contributed by atoms with Crippen LogP contribution in [0, 0.1) is 11.6 Å². The monoisotopic (exact) mass is 298 g/mol. The number of benzene rings is 2. The van der Waals surface area contributed by atoms with Crippen molar-refractivity contribution in [3.8, 4) is 0 Å². The number of sulfonamides is 1. The van der Waals surface area contributed by atoms with E-state index in [2.05, 4.69) is 4.72 Å². The summed E-state index contributed by atoms with van der Waals surface area (Å²) in [5.41, 5.74) is 5.74. The van der Waals surface area contributed by atoms with Gasteiger partial charge in [-0.05, 0) is 42.5 Å². The molecule has 0 aromatic heterocycles. The molecule has 0 aliphatic heterocycles. The number of rotatable bonds is 4. The standard InChI is InChI=1S/C13H12F2N2O2S/c14-10-1-4-12(5-2-10)20(18,19)17-11-3-6-13(15)9(7-11)8-16/h1-7,17H,8,16H2. The molecule has 2 aromatic rings. The van der Waals surface area contributed by atoms with Crippen LogP contribution in [0.15, 0.2) is 47.4 Å². The van der Waals surface area contributed by atoms with Gasteiger partial charge >= 0.3 is 0 Å². The molecule has 0 spiro atoms. The van der Waals surface area contributed by atoms with Crippen molar-refractivity contribution in [1.29, 1.82) is 0 Å². The van der Waals surface area contributed by atoms with E-state index in [1.165, 1.54) is 12.1 Å². The van der Waals surface area contributed by atoms with Crippen molar-refractivity contribution in [3.63, 3.8) is 0 Å². The van der Waals surface area contributed by atoms with Gasteiger partial charge in [-0.15, -0.1) is 0 Å². The Morgan fingerprint density at radius 1 is 1.05 bits per heavy atom. The third-order valence-electron chi connectivity index (χ3n) is 2.64. The summed E-state index contributed by atoms with van der Waals surface area (Å²) in [5.74, 6) is -1.03. The second kappa shape index (κ2) is 5.56. The number of hydrogen-bond donors (Lipinski definition) is 2. The van der Waals surface area contributed by atoms with Crippen LogP contribution in [-0.2, 0) is 16.6 Å². The number of nitrogens with two attached hydrogens (primary N) is 1. The first-order valence-electron chi connectivity index (χ1n) is 5.69. The van der Waals surface area contributed by atoms with Gasteiger partial charge in [-0.25, -0.2) is 17.2 Å². The summed E-state index contributed by atoms with van der Waals surface area (Å²) in [6.45, 7) is -0.0437. The van der Waals surface area contributed by atoms with Gasteiger partial charge in [0, 0.05) is 17.8 Å². The minimum absolute atomic E-state index is 0.0437.